The number of amides is 1. The molecule has 0 radical (unpaired) electrons. The fourth-order valence-corrected chi connectivity index (χ4v) is 3.05. The van der Waals surface area contributed by atoms with Gasteiger partial charge in [0, 0.05) is 26.0 Å². The molecule has 138 valence electrons. The van der Waals surface area contributed by atoms with Gasteiger partial charge >= 0.3 is 0 Å². The summed E-state index contributed by atoms with van der Waals surface area (Å²) < 4.78 is 22.2. The Morgan fingerprint density at radius 1 is 1.24 bits per heavy atom. The minimum absolute atomic E-state index is 0.129. The monoisotopic (exact) mass is 350 g/mol. The summed E-state index contributed by atoms with van der Waals surface area (Å²) in [6, 6.07) is 3.48. The largest absolute Gasteiger partial charge is 0.475 e. The third-order valence-electron chi connectivity index (χ3n) is 4.75. The Kier molecular flexibility index (Phi) is 5.56. The molecule has 1 N–H and O–H groups in total. The van der Waals surface area contributed by atoms with Crippen molar-refractivity contribution in [1.82, 2.24) is 4.98 Å². The SMILES string of the molecule is COCCOc1ccc(NC(=O)C2(C)COC3(CCCC3)OC2)cn1. The molecule has 0 aromatic carbocycles. The van der Waals surface area contributed by atoms with Gasteiger partial charge in [0.05, 0.1) is 37.1 Å². The molecule has 1 saturated heterocycles. The second-order valence-electron chi connectivity index (χ2n) is 6.94. The van der Waals surface area contributed by atoms with Crippen molar-refractivity contribution in [3.63, 3.8) is 0 Å². The van der Waals surface area contributed by atoms with Gasteiger partial charge in [0.2, 0.25) is 11.8 Å². The fraction of sp³-hybridized carbons (Fsp3) is 0.667. The molecule has 2 fully saturated rings. The average Bonchev–Trinajstić information content (AvgIpc) is 3.08. The second kappa shape index (κ2) is 7.68. The normalized spacial score (nSPS) is 21.2. The van der Waals surface area contributed by atoms with Gasteiger partial charge in [-0.1, -0.05) is 0 Å². The number of nitrogens with zero attached hydrogens (tertiary/aromatic N) is 1. The van der Waals surface area contributed by atoms with Crippen molar-refractivity contribution < 1.29 is 23.7 Å². The van der Waals surface area contributed by atoms with Gasteiger partial charge in [-0.05, 0) is 25.8 Å². The Morgan fingerprint density at radius 3 is 2.56 bits per heavy atom. The lowest BCUT2D eigenvalue weighted by Gasteiger charge is -2.42. The van der Waals surface area contributed by atoms with Crippen LogP contribution < -0.4 is 10.1 Å². The zero-order chi connectivity index (χ0) is 17.8. The summed E-state index contributed by atoms with van der Waals surface area (Å²) >= 11 is 0. The van der Waals surface area contributed by atoms with Crippen LogP contribution in [0.25, 0.3) is 0 Å². The molecule has 2 heterocycles. The molecule has 1 aromatic rings. The summed E-state index contributed by atoms with van der Waals surface area (Å²) in [7, 11) is 1.61. The van der Waals surface area contributed by atoms with E-state index in [1.165, 1.54) is 0 Å². The first-order valence-corrected chi connectivity index (χ1v) is 8.72. The predicted molar refractivity (Wildman–Crippen MR) is 91.4 cm³/mol. The van der Waals surface area contributed by atoms with Crippen LogP contribution in [0, 0.1) is 5.41 Å². The predicted octanol–water partition coefficient (Wildman–Crippen LogP) is 2.37. The highest BCUT2D eigenvalue weighted by atomic mass is 16.7. The van der Waals surface area contributed by atoms with Crippen LogP contribution in [0.15, 0.2) is 18.3 Å². The van der Waals surface area contributed by atoms with Crippen molar-refractivity contribution in [2.75, 3.05) is 38.9 Å². The van der Waals surface area contributed by atoms with Gasteiger partial charge in [0.25, 0.3) is 0 Å². The molecular weight excluding hydrogens is 324 g/mol. The van der Waals surface area contributed by atoms with E-state index in [0.29, 0.717) is 38.0 Å². The first-order chi connectivity index (χ1) is 12.1. The Balaban J connectivity index is 1.53. The number of rotatable bonds is 6. The Labute approximate surface area is 148 Å². The number of methoxy groups -OCH3 is 1. The van der Waals surface area contributed by atoms with Gasteiger partial charge in [-0.15, -0.1) is 0 Å². The lowest BCUT2D eigenvalue weighted by atomic mass is 9.90. The summed E-state index contributed by atoms with van der Waals surface area (Å²) in [5.41, 5.74) is -0.0898. The van der Waals surface area contributed by atoms with E-state index in [9.17, 15) is 4.79 Å². The van der Waals surface area contributed by atoms with Crippen molar-refractivity contribution in [2.24, 2.45) is 5.41 Å². The number of nitrogens with one attached hydrogen (secondary N) is 1. The Hall–Kier alpha value is -1.70. The van der Waals surface area contributed by atoms with Crippen molar-refractivity contribution in [1.29, 1.82) is 0 Å². The highest BCUT2D eigenvalue weighted by Crippen LogP contribution is 2.40. The number of hydrogen-bond acceptors (Lipinski definition) is 6. The molecule has 1 amide bonds. The number of aromatic nitrogens is 1. The van der Waals surface area contributed by atoms with Crippen LogP contribution in [0.2, 0.25) is 0 Å². The lowest BCUT2D eigenvalue weighted by Crippen LogP contribution is -2.52. The standard InChI is InChI=1S/C18H26N2O5/c1-17(12-24-18(25-13-17)7-3-4-8-18)16(21)20-14-5-6-15(19-11-14)23-10-9-22-2/h5-6,11H,3-4,7-10,12-13H2,1-2H3,(H,20,21). The van der Waals surface area contributed by atoms with Crippen LogP contribution in [-0.4, -0.2) is 50.2 Å². The summed E-state index contributed by atoms with van der Waals surface area (Å²) in [5, 5.41) is 2.88. The van der Waals surface area contributed by atoms with Crippen LogP contribution in [-0.2, 0) is 19.0 Å². The van der Waals surface area contributed by atoms with E-state index in [2.05, 4.69) is 10.3 Å². The van der Waals surface area contributed by atoms with Crippen LogP contribution >= 0.6 is 0 Å². The van der Waals surface area contributed by atoms with Gasteiger partial charge in [0.15, 0.2) is 5.79 Å². The number of anilines is 1. The number of carbonyl (C=O) groups is 1. The number of carbonyl (C=O) groups excluding carboxylic acids is 1. The van der Waals surface area contributed by atoms with Crippen molar-refractivity contribution in [3.8, 4) is 5.88 Å². The lowest BCUT2D eigenvalue weighted by molar-refractivity contribution is -0.291. The summed E-state index contributed by atoms with van der Waals surface area (Å²) in [6.45, 7) is 3.53. The summed E-state index contributed by atoms with van der Waals surface area (Å²) in [5.74, 6) is -0.0910. The molecule has 0 unspecified atom stereocenters. The first-order valence-electron chi connectivity index (χ1n) is 8.72. The van der Waals surface area contributed by atoms with Gasteiger partial charge in [-0.2, -0.15) is 0 Å². The molecule has 1 spiro atoms. The maximum absolute atomic E-state index is 12.6. The van der Waals surface area contributed by atoms with Gasteiger partial charge in [-0.3, -0.25) is 4.79 Å². The molecule has 0 atom stereocenters. The van der Waals surface area contributed by atoms with Gasteiger partial charge in [0.1, 0.15) is 6.61 Å². The van der Waals surface area contributed by atoms with Crippen molar-refractivity contribution >= 4 is 11.6 Å². The summed E-state index contributed by atoms with van der Waals surface area (Å²) in [4.78, 5) is 16.8. The zero-order valence-electron chi connectivity index (χ0n) is 14.9. The van der Waals surface area contributed by atoms with Crippen LogP contribution in [0.4, 0.5) is 5.69 Å². The molecule has 1 saturated carbocycles. The molecule has 7 heteroatoms. The maximum Gasteiger partial charge on any atom is 0.235 e. The topological polar surface area (TPSA) is 78.9 Å². The molecule has 3 rings (SSSR count). The number of ether oxygens (including phenoxy) is 4. The van der Waals surface area contributed by atoms with E-state index in [1.54, 1.807) is 25.4 Å². The van der Waals surface area contributed by atoms with Gasteiger partial charge < -0.3 is 24.3 Å². The average molecular weight is 350 g/mol. The molecule has 2 aliphatic rings. The Bertz CT molecular complexity index is 574. The molecule has 1 aliphatic carbocycles. The van der Waals surface area contributed by atoms with E-state index in [4.69, 9.17) is 18.9 Å². The molecule has 0 bridgehead atoms. The molecule has 25 heavy (non-hydrogen) atoms. The number of pyridine rings is 1. The van der Waals surface area contributed by atoms with E-state index in [0.717, 1.165) is 25.7 Å². The van der Waals surface area contributed by atoms with E-state index in [1.807, 2.05) is 6.92 Å². The third-order valence-corrected chi connectivity index (χ3v) is 4.75. The smallest absolute Gasteiger partial charge is 0.235 e. The molecule has 7 nitrogen and oxygen atoms in total. The van der Waals surface area contributed by atoms with E-state index in [-0.39, 0.29) is 5.91 Å². The van der Waals surface area contributed by atoms with E-state index >= 15 is 0 Å². The Morgan fingerprint density at radius 2 is 1.96 bits per heavy atom. The van der Waals surface area contributed by atoms with Crippen molar-refractivity contribution in [2.45, 2.75) is 38.4 Å². The molecule has 1 aromatic heterocycles. The molecule has 1 aliphatic heterocycles. The minimum atomic E-state index is -0.707. The minimum Gasteiger partial charge on any atom is -0.475 e. The van der Waals surface area contributed by atoms with Crippen LogP contribution in [0.5, 0.6) is 5.88 Å². The third kappa shape index (κ3) is 4.29. The zero-order valence-corrected chi connectivity index (χ0v) is 14.9. The van der Waals surface area contributed by atoms with Crippen LogP contribution in [0.1, 0.15) is 32.6 Å². The van der Waals surface area contributed by atoms with E-state index < -0.39 is 11.2 Å². The second-order valence-corrected chi connectivity index (χ2v) is 6.94. The fourth-order valence-electron chi connectivity index (χ4n) is 3.05. The molecular formula is C18H26N2O5. The van der Waals surface area contributed by atoms with Crippen molar-refractivity contribution in [3.05, 3.63) is 18.3 Å². The van der Waals surface area contributed by atoms with Gasteiger partial charge in [-0.25, -0.2) is 4.98 Å². The maximum atomic E-state index is 12.6. The highest BCUT2D eigenvalue weighted by Gasteiger charge is 2.47. The van der Waals surface area contributed by atoms with Crippen LogP contribution in [0.3, 0.4) is 0 Å². The first kappa shape index (κ1) is 18.1. The highest BCUT2D eigenvalue weighted by molar-refractivity contribution is 5.95. The quantitative estimate of drug-likeness (QED) is 0.794. The summed E-state index contributed by atoms with van der Waals surface area (Å²) in [6.07, 6.45) is 5.64. The number of hydrogen-bond donors (Lipinski definition) is 1.